The van der Waals surface area contributed by atoms with Gasteiger partial charge in [-0.25, -0.2) is 4.98 Å². The number of likely N-dealkylation sites (tertiary alicyclic amines) is 1. The van der Waals surface area contributed by atoms with E-state index in [0.29, 0.717) is 0 Å². The second-order valence-electron chi connectivity index (χ2n) is 8.38. The smallest absolute Gasteiger partial charge is 0.191 e. The summed E-state index contributed by atoms with van der Waals surface area (Å²) in [7, 11) is 1.82. The van der Waals surface area contributed by atoms with E-state index in [-0.39, 0.29) is 24.0 Å². The second kappa shape index (κ2) is 12.6. The highest BCUT2D eigenvalue weighted by molar-refractivity contribution is 14.0. The summed E-state index contributed by atoms with van der Waals surface area (Å²) in [4.78, 5) is 12.7. The van der Waals surface area contributed by atoms with E-state index in [0.717, 1.165) is 43.9 Å². The van der Waals surface area contributed by atoms with Crippen molar-refractivity contribution in [1.29, 1.82) is 0 Å². The summed E-state index contributed by atoms with van der Waals surface area (Å²) in [5.74, 6) is 2.41. The average molecular weight is 542 g/mol. The van der Waals surface area contributed by atoms with E-state index in [1.807, 2.05) is 13.2 Å². The highest BCUT2D eigenvalue weighted by Gasteiger charge is 2.22. The van der Waals surface area contributed by atoms with E-state index in [4.69, 9.17) is 0 Å². The number of aliphatic imine (C=N–C) groups is 1. The second-order valence-corrected chi connectivity index (χ2v) is 9.70. The van der Waals surface area contributed by atoms with Gasteiger partial charge in [0.25, 0.3) is 0 Å². The van der Waals surface area contributed by atoms with Gasteiger partial charge >= 0.3 is 0 Å². The molecule has 0 saturated carbocycles. The molecule has 2 heterocycles. The molecule has 2 N–H and O–H groups in total. The van der Waals surface area contributed by atoms with Crippen molar-refractivity contribution in [2.45, 2.75) is 46.7 Å². The zero-order valence-corrected chi connectivity index (χ0v) is 21.8. The lowest BCUT2D eigenvalue weighted by Crippen LogP contribution is -2.39. The van der Waals surface area contributed by atoms with Crippen LogP contribution in [0.1, 0.15) is 41.3 Å². The van der Waals surface area contributed by atoms with Crippen molar-refractivity contribution in [2.24, 2.45) is 16.8 Å². The Labute approximate surface area is 202 Å². The Hall–Kier alpha value is -1.19. The normalized spacial score (nSPS) is 19.9. The van der Waals surface area contributed by atoms with Gasteiger partial charge in [0, 0.05) is 57.3 Å². The molecular formula is C23H36IN5S. The van der Waals surface area contributed by atoms with Crippen molar-refractivity contribution in [1.82, 2.24) is 20.5 Å². The molecule has 1 aromatic carbocycles. The lowest BCUT2D eigenvalue weighted by molar-refractivity contribution is 0.134. The Bertz CT molecular complexity index is 796. The van der Waals surface area contributed by atoms with Crippen LogP contribution in [0, 0.1) is 18.8 Å². The number of thiazole rings is 1. The Kier molecular flexibility index (Phi) is 10.5. The van der Waals surface area contributed by atoms with Crippen LogP contribution in [-0.2, 0) is 19.5 Å². The number of nitrogens with zero attached hydrogens (tertiary/aromatic N) is 3. The number of aromatic nitrogens is 1. The minimum absolute atomic E-state index is 0. The van der Waals surface area contributed by atoms with Crippen LogP contribution in [0.5, 0.6) is 0 Å². The van der Waals surface area contributed by atoms with Crippen molar-refractivity contribution in [3.63, 3.8) is 0 Å². The van der Waals surface area contributed by atoms with E-state index in [1.54, 1.807) is 11.3 Å². The number of rotatable bonds is 7. The van der Waals surface area contributed by atoms with Crippen LogP contribution in [0.25, 0.3) is 0 Å². The van der Waals surface area contributed by atoms with Crippen molar-refractivity contribution in [3.8, 4) is 0 Å². The lowest BCUT2D eigenvalue weighted by atomic mass is 9.91. The first-order chi connectivity index (χ1) is 14.0. The number of hydrogen-bond acceptors (Lipinski definition) is 4. The molecule has 1 aromatic heterocycles. The van der Waals surface area contributed by atoms with Gasteiger partial charge in [-0.1, -0.05) is 38.1 Å². The van der Waals surface area contributed by atoms with Crippen LogP contribution >= 0.6 is 35.3 Å². The molecule has 1 aliphatic heterocycles. The monoisotopic (exact) mass is 541 g/mol. The summed E-state index contributed by atoms with van der Waals surface area (Å²) in [5.41, 5.74) is 2.76. The quantitative estimate of drug-likeness (QED) is 0.309. The molecule has 166 valence electrons. The van der Waals surface area contributed by atoms with E-state index < -0.39 is 0 Å². The van der Waals surface area contributed by atoms with E-state index in [2.05, 4.69) is 70.5 Å². The molecule has 2 aromatic rings. The van der Waals surface area contributed by atoms with Gasteiger partial charge in [-0.15, -0.1) is 35.3 Å². The fourth-order valence-electron chi connectivity index (χ4n) is 4.25. The largest absolute Gasteiger partial charge is 0.356 e. The van der Waals surface area contributed by atoms with Crippen molar-refractivity contribution >= 4 is 41.3 Å². The van der Waals surface area contributed by atoms with Gasteiger partial charge in [0.05, 0.1) is 5.01 Å². The number of hydrogen-bond donors (Lipinski definition) is 2. The molecule has 0 amide bonds. The maximum atomic E-state index is 4.42. The molecule has 3 rings (SSSR count). The molecule has 0 aliphatic carbocycles. The Morgan fingerprint density at radius 2 is 1.87 bits per heavy atom. The Morgan fingerprint density at radius 3 is 2.50 bits per heavy atom. The van der Waals surface area contributed by atoms with Crippen molar-refractivity contribution < 1.29 is 0 Å². The zero-order chi connectivity index (χ0) is 20.6. The highest BCUT2D eigenvalue weighted by Crippen LogP contribution is 2.23. The van der Waals surface area contributed by atoms with Crippen LogP contribution < -0.4 is 10.6 Å². The molecule has 2 atom stereocenters. The SMILES string of the molecule is CN=C(NCCc1ncc(C)s1)NCc1ccccc1CN1CC(C)CC(C)C1.I. The van der Waals surface area contributed by atoms with Crippen molar-refractivity contribution in [2.75, 3.05) is 26.7 Å². The maximum absolute atomic E-state index is 4.42. The summed E-state index contributed by atoms with van der Waals surface area (Å²) in [6.07, 6.45) is 4.21. The van der Waals surface area contributed by atoms with E-state index in [9.17, 15) is 0 Å². The highest BCUT2D eigenvalue weighted by atomic mass is 127. The Morgan fingerprint density at radius 1 is 1.17 bits per heavy atom. The first kappa shape index (κ1) is 25.1. The summed E-state index contributed by atoms with van der Waals surface area (Å²) in [6.45, 7) is 11.9. The van der Waals surface area contributed by atoms with Crippen LogP contribution in [0.15, 0.2) is 35.5 Å². The molecule has 0 spiro atoms. The van der Waals surface area contributed by atoms with Gasteiger partial charge in [-0.2, -0.15) is 0 Å². The predicted octanol–water partition coefficient (Wildman–Crippen LogP) is 4.46. The maximum Gasteiger partial charge on any atom is 0.191 e. The zero-order valence-electron chi connectivity index (χ0n) is 18.6. The molecule has 30 heavy (non-hydrogen) atoms. The summed E-state index contributed by atoms with van der Waals surface area (Å²) >= 11 is 1.76. The molecule has 2 unspecified atom stereocenters. The number of piperidine rings is 1. The molecule has 1 aliphatic rings. The third kappa shape index (κ3) is 7.81. The summed E-state index contributed by atoms with van der Waals surface area (Å²) in [6, 6.07) is 8.77. The molecule has 0 radical (unpaired) electrons. The van der Waals surface area contributed by atoms with Crippen LogP contribution in [0.4, 0.5) is 0 Å². The molecular weight excluding hydrogens is 505 g/mol. The number of halogens is 1. The molecule has 1 fully saturated rings. The number of nitrogens with one attached hydrogen (secondary N) is 2. The van der Waals surface area contributed by atoms with Gasteiger partial charge in [-0.3, -0.25) is 9.89 Å². The minimum Gasteiger partial charge on any atom is -0.356 e. The number of guanidine groups is 1. The Balaban J connectivity index is 0.00000320. The first-order valence-electron chi connectivity index (χ1n) is 10.7. The van der Waals surface area contributed by atoms with Crippen LogP contribution in [0.2, 0.25) is 0 Å². The number of benzene rings is 1. The van der Waals surface area contributed by atoms with Crippen molar-refractivity contribution in [3.05, 3.63) is 51.5 Å². The standard InChI is InChI=1S/C23H35N5S.HI/c1-17-11-18(2)15-28(14-17)16-21-8-6-5-7-20(21)13-27-23(24-4)25-10-9-22-26-12-19(3)29-22;/h5-8,12,17-18H,9-11,13-16H2,1-4H3,(H2,24,25,27);1H. The third-order valence-corrected chi connectivity index (χ3v) is 6.40. The third-order valence-electron chi connectivity index (χ3n) is 5.43. The molecule has 5 nitrogen and oxygen atoms in total. The van der Waals surface area contributed by atoms with Gasteiger partial charge < -0.3 is 10.6 Å². The van der Waals surface area contributed by atoms with E-state index >= 15 is 0 Å². The van der Waals surface area contributed by atoms with Gasteiger partial charge in [-0.05, 0) is 36.3 Å². The fraction of sp³-hybridized carbons (Fsp3) is 0.565. The molecule has 7 heteroatoms. The minimum atomic E-state index is 0. The van der Waals surface area contributed by atoms with Gasteiger partial charge in [0.2, 0.25) is 0 Å². The lowest BCUT2D eigenvalue weighted by Gasteiger charge is -2.35. The topological polar surface area (TPSA) is 52.6 Å². The molecule has 0 bridgehead atoms. The number of aryl methyl sites for hydroxylation is 1. The van der Waals surface area contributed by atoms with E-state index in [1.165, 1.54) is 40.5 Å². The fourth-order valence-corrected chi connectivity index (χ4v) is 5.04. The summed E-state index contributed by atoms with van der Waals surface area (Å²) < 4.78 is 0. The van der Waals surface area contributed by atoms with Gasteiger partial charge in [0.1, 0.15) is 0 Å². The van der Waals surface area contributed by atoms with Crippen LogP contribution in [0.3, 0.4) is 0 Å². The predicted molar refractivity (Wildman–Crippen MR) is 139 cm³/mol. The average Bonchev–Trinajstić information content (AvgIpc) is 3.10. The van der Waals surface area contributed by atoms with Gasteiger partial charge in [0.15, 0.2) is 5.96 Å². The first-order valence-corrected chi connectivity index (χ1v) is 11.5. The summed E-state index contributed by atoms with van der Waals surface area (Å²) in [5, 5.41) is 8.05. The van der Waals surface area contributed by atoms with Crippen LogP contribution in [-0.4, -0.2) is 42.5 Å². The molecule has 1 saturated heterocycles.